The van der Waals surface area contributed by atoms with Crippen LogP contribution in [0.15, 0.2) is 0 Å². The Balaban J connectivity index is 2.68. The molecule has 0 amide bonds. The topological polar surface area (TPSA) is 49.3 Å². The normalized spacial score (nSPS) is 25.0. The second-order valence-corrected chi connectivity index (χ2v) is 2.68. The van der Waals surface area contributed by atoms with Gasteiger partial charge in [0.25, 0.3) is 0 Å². The van der Waals surface area contributed by atoms with Crippen LogP contribution in [0, 0.1) is 5.41 Å². The zero-order valence-corrected chi connectivity index (χ0v) is 5.72. The van der Waals surface area contributed by atoms with Gasteiger partial charge in [0.05, 0.1) is 0 Å². The Morgan fingerprint density at radius 3 is 2.30 bits per heavy atom. The standard InChI is InChI=1S/C6H10FNO2/c1-4(7)6(5(9)10)2-8-3-6/h4,8H,2-3H2,1H3,(H,9,10). The van der Waals surface area contributed by atoms with Crippen LogP contribution in [0.25, 0.3) is 0 Å². The third-order valence-electron chi connectivity index (χ3n) is 2.07. The van der Waals surface area contributed by atoms with E-state index in [9.17, 15) is 9.18 Å². The summed E-state index contributed by atoms with van der Waals surface area (Å²) in [5.74, 6) is -1.04. The van der Waals surface area contributed by atoms with Gasteiger partial charge in [-0.1, -0.05) is 0 Å². The highest BCUT2D eigenvalue weighted by atomic mass is 19.1. The molecule has 4 heteroatoms. The van der Waals surface area contributed by atoms with Gasteiger partial charge in [-0.3, -0.25) is 4.79 Å². The zero-order chi connectivity index (χ0) is 7.78. The van der Waals surface area contributed by atoms with Crippen molar-refractivity contribution in [3.8, 4) is 0 Å². The predicted molar refractivity (Wildman–Crippen MR) is 33.5 cm³/mol. The monoisotopic (exact) mass is 147 g/mol. The number of hydrogen-bond donors (Lipinski definition) is 2. The first kappa shape index (κ1) is 7.47. The zero-order valence-electron chi connectivity index (χ0n) is 5.72. The van der Waals surface area contributed by atoms with Crippen LogP contribution in [-0.4, -0.2) is 30.3 Å². The highest BCUT2D eigenvalue weighted by Crippen LogP contribution is 2.29. The Morgan fingerprint density at radius 2 is 2.30 bits per heavy atom. The quantitative estimate of drug-likeness (QED) is 0.578. The molecule has 0 radical (unpaired) electrons. The molecule has 0 aliphatic carbocycles. The van der Waals surface area contributed by atoms with Gasteiger partial charge in [-0.05, 0) is 6.92 Å². The fraction of sp³-hybridized carbons (Fsp3) is 0.833. The van der Waals surface area contributed by atoms with Gasteiger partial charge in [0.15, 0.2) is 0 Å². The minimum absolute atomic E-state index is 0.250. The molecule has 1 heterocycles. The highest BCUT2D eigenvalue weighted by molar-refractivity contribution is 5.77. The van der Waals surface area contributed by atoms with Crippen LogP contribution in [0.4, 0.5) is 4.39 Å². The summed E-state index contributed by atoms with van der Waals surface area (Å²) in [6.45, 7) is 1.79. The molecule has 0 aromatic carbocycles. The van der Waals surface area contributed by atoms with Gasteiger partial charge in [-0.25, -0.2) is 4.39 Å². The van der Waals surface area contributed by atoms with E-state index in [2.05, 4.69) is 5.32 Å². The van der Waals surface area contributed by atoms with E-state index in [4.69, 9.17) is 5.11 Å². The molecule has 1 saturated heterocycles. The van der Waals surface area contributed by atoms with Crippen LogP contribution < -0.4 is 5.32 Å². The Bertz CT molecular complexity index is 154. The van der Waals surface area contributed by atoms with Crippen molar-refractivity contribution in [3.05, 3.63) is 0 Å². The number of nitrogens with one attached hydrogen (secondary N) is 1. The molecule has 0 saturated carbocycles. The fourth-order valence-corrected chi connectivity index (χ4v) is 0.997. The number of carboxylic acids is 1. The molecule has 0 spiro atoms. The van der Waals surface area contributed by atoms with Gasteiger partial charge in [0.2, 0.25) is 0 Å². The van der Waals surface area contributed by atoms with Crippen molar-refractivity contribution < 1.29 is 14.3 Å². The predicted octanol–water partition coefficient (Wildman–Crippen LogP) is 0.0186. The molecule has 0 aromatic rings. The minimum atomic E-state index is -1.27. The Labute approximate surface area is 58.2 Å². The number of alkyl halides is 1. The van der Waals surface area contributed by atoms with E-state index >= 15 is 0 Å². The van der Waals surface area contributed by atoms with Gasteiger partial charge in [-0.2, -0.15) is 0 Å². The second kappa shape index (κ2) is 2.20. The summed E-state index contributed by atoms with van der Waals surface area (Å²) in [6.07, 6.45) is -1.27. The summed E-state index contributed by atoms with van der Waals surface area (Å²) in [7, 11) is 0. The lowest BCUT2D eigenvalue weighted by molar-refractivity contribution is -0.157. The summed E-state index contributed by atoms with van der Waals surface area (Å²) in [5.41, 5.74) is -1.14. The van der Waals surface area contributed by atoms with E-state index in [1.807, 2.05) is 0 Å². The fourth-order valence-electron chi connectivity index (χ4n) is 0.997. The lowest BCUT2D eigenvalue weighted by atomic mass is 9.78. The molecule has 0 bridgehead atoms. The van der Waals surface area contributed by atoms with Crippen LogP contribution in [-0.2, 0) is 4.79 Å². The van der Waals surface area contributed by atoms with Crippen molar-refractivity contribution >= 4 is 5.97 Å². The average Bonchev–Trinajstić information content (AvgIpc) is 1.57. The molecule has 1 aliphatic heterocycles. The lowest BCUT2D eigenvalue weighted by Crippen LogP contribution is -2.62. The van der Waals surface area contributed by atoms with E-state index in [-0.39, 0.29) is 13.1 Å². The van der Waals surface area contributed by atoms with E-state index in [1.165, 1.54) is 6.92 Å². The van der Waals surface area contributed by atoms with Crippen molar-refractivity contribution in [1.29, 1.82) is 0 Å². The highest BCUT2D eigenvalue weighted by Gasteiger charge is 2.49. The number of halogens is 1. The number of rotatable bonds is 2. The van der Waals surface area contributed by atoms with E-state index in [1.54, 1.807) is 0 Å². The average molecular weight is 147 g/mol. The molecular weight excluding hydrogens is 137 g/mol. The first-order chi connectivity index (χ1) is 4.59. The molecular formula is C6H10FNO2. The summed E-state index contributed by atoms with van der Waals surface area (Å²) in [6, 6.07) is 0. The summed E-state index contributed by atoms with van der Waals surface area (Å²) in [4.78, 5) is 10.5. The maximum absolute atomic E-state index is 12.6. The SMILES string of the molecule is CC(F)C1(C(=O)O)CNC1. The number of carbonyl (C=O) groups is 1. The molecule has 1 fully saturated rings. The molecule has 3 nitrogen and oxygen atoms in total. The van der Waals surface area contributed by atoms with Gasteiger partial charge in [0, 0.05) is 13.1 Å². The smallest absolute Gasteiger partial charge is 0.315 e. The van der Waals surface area contributed by atoms with Crippen molar-refractivity contribution in [3.63, 3.8) is 0 Å². The molecule has 1 atom stereocenters. The van der Waals surface area contributed by atoms with E-state index < -0.39 is 17.6 Å². The third kappa shape index (κ3) is 0.794. The van der Waals surface area contributed by atoms with Crippen LogP contribution in [0.5, 0.6) is 0 Å². The van der Waals surface area contributed by atoms with Crippen LogP contribution in [0.3, 0.4) is 0 Å². The van der Waals surface area contributed by atoms with Crippen molar-refractivity contribution in [2.45, 2.75) is 13.1 Å². The lowest BCUT2D eigenvalue weighted by Gasteiger charge is -2.39. The summed E-state index contributed by atoms with van der Waals surface area (Å²) >= 11 is 0. The molecule has 1 rings (SSSR count). The van der Waals surface area contributed by atoms with Crippen molar-refractivity contribution in [2.75, 3.05) is 13.1 Å². The number of aliphatic carboxylic acids is 1. The van der Waals surface area contributed by atoms with Crippen LogP contribution >= 0.6 is 0 Å². The number of hydrogen-bond acceptors (Lipinski definition) is 2. The Morgan fingerprint density at radius 1 is 1.80 bits per heavy atom. The second-order valence-electron chi connectivity index (χ2n) is 2.68. The molecule has 0 aromatic heterocycles. The van der Waals surface area contributed by atoms with Gasteiger partial charge in [0.1, 0.15) is 11.6 Å². The van der Waals surface area contributed by atoms with Gasteiger partial charge in [-0.15, -0.1) is 0 Å². The van der Waals surface area contributed by atoms with Crippen molar-refractivity contribution in [1.82, 2.24) is 5.32 Å². The summed E-state index contributed by atoms with van der Waals surface area (Å²) in [5, 5.41) is 11.3. The first-order valence-corrected chi connectivity index (χ1v) is 3.18. The third-order valence-corrected chi connectivity index (χ3v) is 2.07. The van der Waals surface area contributed by atoms with Gasteiger partial charge < -0.3 is 10.4 Å². The Kier molecular flexibility index (Phi) is 1.64. The largest absolute Gasteiger partial charge is 0.481 e. The minimum Gasteiger partial charge on any atom is -0.481 e. The summed E-state index contributed by atoms with van der Waals surface area (Å²) < 4.78 is 12.6. The molecule has 1 aliphatic rings. The molecule has 1 unspecified atom stereocenters. The molecule has 10 heavy (non-hydrogen) atoms. The molecule has 2 N–H and O–H groups in total. The van der Waals surface area contributed by atoms with E-state index in [0.29, 0.717) is 0 Å². The Hall–Kier alpha value is -0.640. The maximum Gasteiger partial charge on any atom is 0.315 e. The molecule has 58 valence electrons. The first-order valence-electron chi connectivity index (χ1n) is 3.18. The van der Waals surface area contributed by atoms with Crippen LogP contribution in [0.1, 0.15) is 6.92 Å². The van der Waals surface area contributed by atoms with Crippen LogP contribution in [0.2, 0.25) is 0 Å². The maximum atomic E-state index is 12.6. The number of carboxylic acid groups (broad SMARTS) is 1. The van der Waals surface area contributed by atoms with E-state index in [0.717, 1.165) is 0 Å². The van der Waals surface area contributed by atoms with Gasteiger partial charge >= 0.3 is 5.97 Å². The van der Waals surface area contributed by atoms with Crippen molar-refractivity contribution in [2.24, 2.45) is 5.41 Å².